The molecule has 164 valence electrons. The van der Waals surface area contributed by atoms with Crippen LogP contribution in [0.25, 0.3) is 0 Å². The van der Waals surface area contributed by atoms with Crippen molar-refractivity contribution >= 4 is 23.2 Å². The fraction of sp³-hybridized carbons (Fsp3) is 0.500. The Labute approximate surface area is 180 Å². The van der Waals surface area contributed by atoms with Crippen LogP contribution in [-0.2, 0) is 4.79 Å². The number of nitrogens with one attached hydrogen (secondary N) is 3. The van der Waals surface area contributed by atoms with Crippen LogP contribution in [0.5, 0.6) is 0 Å². The Morgan fingerprint density at radius 2 is 1.90 bits per heavy atom. The number of β-amino-alcohol motifs (C(OH)–C–C–N with tert-alkyl or cyclic N) is 1. The number of carbonyl (C=O) groups excluding carboxylic acids is 2. The first kappa shape index (κ1) is 20.0. The second kappa shape index (κ2) is 7.65. The maximum absolute atomic E-state index is 12.8. The lowest BCUT2D eigenvalue weighted by atomic mass is 9.83. The molecule has 2 saturated heterocycles. The number of nitrogens with zero attached hydrogens (tertiary/aromatic N) is 3. The molecule has 2 amide bonds. The highest BCUT2D eigenvalue weighted by Crippen LogP contribution is 2.36. The molecule has 2 aromatic rings. The van der Waals surface area contributed by atoms with Gasteiger partial charge in [-0.2, -0.15) is 0 Å². The van der Waals surface area contributed by atoms with E-state index in [-0.39, 0.29) is 11.8 Å². The van der Waals surface area contributed by atoms with Crippen LogP contribution >= 0.6 is 0 Å². The number of aliphatic hydroxyl groups is 1. The van der Waals surface area contributed by atoms with Gasteiger partial charge in [-0.25, -0.2) is 4.98 Å². The quantitative estimate of drug-likeness (QED) is 0.590. The molecule has 3 aliphatic heterocycles. The first-order valence-electron chi connectivity index (χ1n) is 10.9. The Hall–Kier alpha value is -2.91. The first-order chi connectivity index (χ1) is 15.0. The van der Waals surface area contributed by atoms with Crippen molar-refractivity contribution in [3.63, 3.8) is 0 Å². The van der Waals surface area contributed by atoms with E-state index in [1.165, 1.54) is 12.5 Å². The predicted molar refractivity (Wildman–Crippen MR) is 116 cm³/mol. The molecular formula is C22H28N6O3. The topological polar surface area (TPSA) is 114 Å². The average Bonchev–Trinajstić information content (AvgIpc) is 3.30. The smallest absolute Gasteiger partial charge is 0.272 e. The number of hydrogen-bond acceptors (Lipinski definition) is 6. The summed E-state index contributed by atoms with van der Waals surface area (Å²) >= 11 is 0. The third-order valence-electron chi connectivity index (χ3n) is 6.78. The van der Waals surface area contributed by atoms with E-state index in [2.05, 4.69) is 25.5 Å². The normalized spacial score (nSPS) is 25.6. The van der Waals surface area contributed by atoms with Crippen molar-refractivity contribution in [3.05, 3.63) is 42.5 Å². The molecule has 9 heteroatoms. The number of carbonyl (C=O) groups is 2. The van der Waals surface area contributed by atoms with Crippen LogP contribution in [0, 0.1) is 0 Å². The minimum atomic E-state index is -0.951. The van der Waals surface area contributed by atoms with Crippen molar-refractivity contribution in [2.24, 2.45) is 0 Å². The summed E-state index contributed by atoms with van der Waals surface area (Å²) in [6, 6.07) is 7.75. The summed E-state index contributed by atoms with van der Waals surface area (Å²) < 4.78 is 0. The number of anilines is 2. The van der Waals surface area contributed by atoms with Gasteiger partial charge in [0.2, 0.25) is 5.91 Å². The van der Waals surface area contributed by atoms with E-state index in [1.807, 2.05) is 24.3 Å². The van der Waals surface area contributed by atoms with Crippen molar-refractivity contribution in [1.82, 2.24) is 19.8 Å². The molecule has 1 spiro atoms. The predicted octanol–water partition coefficient (Wildman–Crippen LogP) is 1.28. The van der Waals surface area contributed by atoms with Crippen LogP contribution in [0.15, 0.2) is 36.8 Å². The van der Waals surface area contributed by atoms with Crippen molar-refractivity contribution in [2.75, 3.05) is 43.4 Å². The van der Waals surface area contributed by atoms with E-state index in [4.69, 9.17) is 0 Å². The number of imidazole rings is 1. The van der Waals surface area contributed by atoms with Gasteiger partial charge in [0.1, 0.15) is 11.2 Å². The fourth-order valence-corrected chi connectivity index (χ4v) is 5.08. The van der Waals surface area contributed by atoms with Gasteiger partial charge in [-0.05, 0) is 37.8 Å². The number of amides is 2. The Morgan fingerprint density at radius 3 is 2.65 bits per heavy atom. The van der Waals surface area contributed by atoms with Gasteiger partial charge >= 0.3 is 0 Å². The number of rotatable bonds is 3. The highest BCUT2D eigenvalue weighted by Gasteiger charge is 2.46. The number of aromatic amines is 1. The summed E-state index contributed by atoms with van der Waals surface area (Å²) in [4.78, 5) is 36.2. The van der Waals surface area contributed by atoms with Crippen LogP contribution < -0.4 is 10.6 Å². The van der Waals surface area contributed by atoms with E-state index < -0.39 is 11.1 Å². The maximum Gasteiger partial charge on any atom is 0.272 e. The molecule has 4 heterocycles. The molecular weight excluding hydrogens is 396 g/mol. The summed E-state index contributed by atoms with van der Waals surface area (Å²) in [5, 5.41) is 17.8. The highest BCUT2D eigenvalue weighted by atomic mass is 16.3. The number of hydrogen-bond donors (Lipinski definition) is 4. The molecule has 0 aliphatic carbocycles. The van der Waals surface area contributed by atoms with Crippen molar-refractivity contribution < 1.29 is 14.7 Å². The van der Waals surface area contributed by atoms with Crippen LogP contribution in [0.3, 0.4) is 0 Å². The molecule has 1 aromatic heterocycles. The van der Waals surface area contributed by atoms with Gasteiger partial charge in [-0.15, -0.1) is 0 Å². The standard InChI is InChI=1S/C22H28N6O3/c29-19(18-12-23-15-24-18)28-9-3-6-21(31,14-28)13-27-10-7-22(8-11-27)20(30)25-16-4-1-2-5-17(16)26-22/h1-2,4-5,12,15,26,31H,3,6-11,13-14H2,(H,23,24)(H,25,30). The van der Waals surface area contributed by atoms with E-state index in [0.717, 1.165) is 17.8 Å². The lowest BCUT2D eigenvalue weighted by Gasteiger charge is -2.47. The monoisotopic (exact) mass is 424 g/mol. The van der Waals surface area contributed by atoms with E-state index in [9.17, 15) is 14.7 Å². The number of likely N-dealkylation sites (tertiary alicyclic amines) is 2. The maximum atomic E-state index is 12.8. The zero-order chi connectivity index (χ0) is 21.5. The first-order valence-corrected chi connectivity index (χ1v) is 10.9. The number of para-hydroxylation sites is 2. The van der Waals surface area contributed by atoms with Crippen molar-refractivity contribution in [1.29, 1.82) is 0 Å². The molecule has 3 aliphatic rings. The number of H-pyrrole nitrogens is 1. The molecule has 1 atom stereocenters. The molecule has 0 saturated carbocycles. The largest absolute Gasteiger partial charge is 0.387 e. The molecule has 1 aromatic carbocycles. The summed E-state index contributed by atoms with van der Waals surface area (Å²) in [5.74, 6) is -0.117. The van der Waals surface area contributed by atoms with Gasteiger partial charge in [0.15, 0.2) is 0 Å². The summed E-state index contributed by atoms with van der Waals surface area (Å²) in [6.07, 6.45) is 5.75. The van der Waals surface area contributed by atoms with Gasteiger partial charge < -0.3 is 30.5 Å². The van der Waals surface area contributed by atoms with Gasteiger partial charge in [0.25, 0.3) is 5.91 Å². The number of piperidine rings is 2. The Morgan fingerprint density at radius 1 is 1.13 bits per heavy atom. The highest BCUT2D eigenvalue weighted by molar-refractivity contribution is 6.06. The third kappa shape index (κ3) is 3.79. The molecule has 4 N–H and O–H groups in total. The molecule has 9 nitrogen and oxygen atoms in total. The molecule has 0 bridgehead atoms. The third-order valence-corrected chi connectivity index (χ3v) is 6.78. The van der Waals surface area contributed by atoms with Crippen LogP contribution in [0.2, 0.25) is 0 Å². The van der Waals surface area contributed by atoms with Gasteiger partial charge in [-0.1, -0.05) is 12.1 Å². The van der Waals surface area contributed by atoms with E-state index >= 15 is 0 Å². The van der Waals surface area contributed by atoms with Gasteiger partial charge in [-0.3, -0.25) is 9.59 Å². The molecule has 1 unspecified atom stereocenters. The van der Waals surface area contributed by atoms with Gasteiger partial charge in [0.05, 0.1) is 36.0 Å². The second-order valence-electron chi connectivity index (χ2n) is 9.00. The molecule has 31 heavy (non-hydrogen) atoms. The molecule has 0 radical (unpaired) electrons. The average molecular weight is 425 g/mol. The number of fused-ring (bicyclic) bond motifs is 1. The zero-order valence-corrected chi connectivity index (χ0v) is 17.4. The fourth-order valence-electron chi connectivity index (χ4n) is 5.08. The Balaban J connectivity index is 1.21. The van der Waals surface area contributed by atoms with Crippen molar-refractivity contribution in [2.45, 2.75) is 36.8 Å². The second-order valence-corrected chi connectivity index (χ2v) is 9.00. The number of benzene rings is 1. The minimum Gasteiger partial charge on any atom is -0.387 e. The van der Waals surface area contributed by atoms with E-state index in [0.29, 0.717) is 57.7 Å². The lowest BCUT2D eigenvalue weighted by Crippen LogP contribution is -2.61. The van der Waals surface area contributed by atoms with Crippen LogP contribution in [0.1, 0.15) is 36.2 Å². The van der Waals surface area contributed by atoms with Crippen molar-refractivity contribution in [3.8, 4) is 0 Å². The number of aromatic nitrogens is 2. The Kier molecular flexibility index (Phi) is 4.94. The molecule has 5 rings (SSSR count). The SMILES string of the molecule is O=C(c1cnc[nH]1)N1CCCC(O)(CN2CCC3(CC2)Nc2ccccc2NC3=O)C1. The summed E-state index contributed by atoms with van der Waals surface area (Å²) in [6.45, 7) is 2.85. The lowest BCUT2D eigenvalue weighted by molar-refractivity contribution is -0.122. The zero-order valence-electron chi connectivity index (χ0n) is 17.4. The summed E-state index contributed by atoms with van der Waals surface area (Å²) in [5.41, 5.74) is 0.656. The van der Waals surface area contributed by atoms with E-state index in [1.54, 1.807) is 4.90 Å². The summed E-state index contributed by atoms with van der Waals surface area (Å²) in [7, 11) is 0. The van der Waals surface area contributed by atoms with Crippen LogP contribution in [0.4, 0.5) is 11.4 Å². The molecule has 2 fully saturated rings. The van der Waals surface area contributed by atoms with Gasteiger partial charge in [0, 0.05) is 26.2 Å². The Bertz CT molecular complexity index is 969. The minimum absolute atomic E-state index is 0.0126. The van der Waals surface area contributed by atoms with Crippen LogP contribution in [-0.4, -0.2) is 80.6 Å².